The third-order valence-corrected chi connectivity index (χ3v) is 3.43. The summed E-state index contributed by atoms with van der Waals surface area (Å²) in [7, 11) is 0. The molecular formula is C16H14N2O. The molecule has 3 rings (SSSR count). The summed E-state index contributed by atoms with van der Waals surface area (Å²) in [5.41, 5.74) is 3.93. The molecule has 0 aliphatic rings. The van der Waals surface area contributed by atoms with E-state index in [1.54, 1.807) is 10.9 Å². The van der Waals surface area contributed by atoms with E-state index in [-0.39, 0.29) is 5.56 Å². The molecule has 0 N–H and O–H groups in total. The highest BCUT2D eigenvalue weighted by Crippen LogP contribution is 2.13. The smallest absolute Gasteiger partial charge is 0.265 e. The lowest BCUT2D eigenvalue weighted by Crippen LogP contribution is -2.18. The van der Waals surface area contributed by atoms with E-state index in [4.69, 9.17) is 0 Å². The number of nitrogens with zero attached hydrogens (tertiary/aromatic N) is 2. The molecule has 0 unspecified atom stereocenters. The number of rotatable bonds is 1. The SMILES string of the molecule is Cc1ccc(-n2cnc3ccccc3c2=O)cc1C. The molecule has 0 fully saturated rings. The Morgan fingerprint density at radius 3 is 2.58 bits per heavy atom. The van der Waals surface area contributed by atoms with Gasteiger partial charge in [0.1, 0.15) is 6.33 Å². The zero-order chi connectivity index (χ0) is 13.4. The van der Waals surface area contributed by atoms with Gasteiger partial charge in [0, 0.05) is 0 Å². The van der Waals surface area contributed by atoms with Gasteiger partial charge < -0.3 is 0 Å². The number of hydrogen-bond acceptors (Lipinski definition) is 2. The lowest BCUT2D eigenvalue weighted by molar-refractivity contribution is 0.959. The largest absolute Gasteiger partial charge is 0.268 e. The van der Waals surface area contributed by atoms with E-state index < -0.39 is 0 Å². The van der Waals surface area contributed by atoms with Crippen LogP contribution in [0.25, 0.3) is 16.6 Å². The van der Waals surface area contributed by atoms with E-state index >= 15 is 0 Å². The fraction of sp³-hybridized carbons (Fsp3) is 0.125. The summed E-state index contributed by atoms with van der Waals surface area (Å²) in [6.07, 6.45) is 1.59. The molecule has 0 radical (unpaired) electrons. The van der Waals surface area contributed by atoms with Crippen LogP contribution in [-0.4, -0.2) is 9.55 Å². The molecule has 0 saturated carbocycles. The van der Waals surface area contributed by atoms with Crippen LogP contribution < -0.4 is 5.56 Å². The normalized spacial score (nSPS) is 10.8. The Labute approximate surface area is 111 Å². The van der Waals surface area contributed by atoms with Crippen LogP contribution in [0.1, 0.15) is 11.1 Å². The van der Waals surface area contributed by atoms with E-state index in [1.807, 2.05) is 49.4 Å². The average molecular weight is 250 g/mol. The maximum absolute atomic E-state index is 12.4. The molecule has 0 atom stereocenters. The summed E-state index contributed by atoms with van der Waals surface area (Å²) >= 11 is 0. The molecule has 19 heavy (non-hydrogen) atoms. The third-order valence-electron chi connectivity index (χ3n) is 3.43. The van der Waals surface area contributed by atoms with Crippen molar-refractivity contribution in [2.24, 2.45) is 0 Å². The first-order valence-corrected chi connectivity index (χ1v) is 6.21. The Hall–Kier alpha value is -2.42. The van der Waals surface area contributed by atoms with Gasteiger partial charge in [0.15, 0.2) is 0 Å². The van der Waals surface area contributed by atoms with Gasteiger partial charge in [-0.3, -0.25) is 9.36 Å². The summed E-state index contributed by atoms with van der Waals surface area (Å²) < 4.78 is 1.59. The number of hydrogen-bond donors (Lipinski definition) is 0. The Bertz CT molecular complexity index is 818. The Morgan fingerprint density at radius 1 is 1.00 bits per heavy atom. The molecule has 94 valence electrons. The fourth-order valence-corrected chi connectivity index (χ4v) is 2.13. The zero-order valence-corrected chi connectivity index (χ0v) is 10.9. The molecule has 3 nitrogen and oxygen atoms in total. The number of fused-ring (bicyclic) bond motifs is 1. The van der Waals surface area contributed by atoms with Crippen molar-refractivity contribution in [2.75, 3.05) is 0 Å². The molecule has 0 spiro atoms. The molecule has 0 aliphatic heterocycles. The lowest BCUT2D eigenvalue weighted by Gasteiger charge is -2.08. The van der Waals surface area contributed by atoms with Crippen LogP contribution in [0.3, 0.4) is 0 Å². The minimum atomic E-state index is -0.0335. The van der Waals surface area contributed by atoms with Crippen LogP contribution in [-0.2, 0) is 0 Å². The first-order chi connectivity index (χ1) is 9.16. The second-order valence-corrected chi connectivity index (χ2v) is 4.71. The van der Waals surface area contributed by atoms with Crippen LogP contribution >= 0.6 is 0 Å². The Morgan fingerprint density at radius 2 is 1.79 bits per heavy atom. The van der Waals surface area contributed by atoms with E-state index in [0.717, 1.165) is 16.8 Å². The molecule has 3 aromatic rings. The van der Waals surface area contributed by atoms with Gasteiger partial charge in [-0.15, -0.1) is 0 Å². The number of para-hydroxylation sites is 1. The van der Waals surface area contributed by atoms with Crippen molar-refractivity contribution in [1.29, 1.82) is 0 Å². The molecule has 0 bridgehead atoms. The highest BCUT2D eigenvalue weighted by molar-refractivity contribution is 5.77. The maximum Gasteiger partial charge on any atom is 0.265 e. The molecule has 2 aromatic carbocycles. The first kappa shape index (κ1) is 11.7. The third kappa shape index (κ3) is 1.93. The van der Waals surface area contributed by atoms with Crippen molar-refractivity contribution in [3.63, 3.8) is 0 Å². The van der Waals surface area contributed by atoms with Crippen molar-refractivity contribution < 1.29 is 0 Å². The first-order valence-electron chi connectivity index (χ1n) is 6.21. The number of benzene rings is 2. The van der Waals surface area contributed by atoms with Gasteiger partial charge in [0.05, 0.1) is 16.6 Å². The molecule has 0 aliphatic carbocycles. The molecular weight excluding hydrogens is 236 g/mol. The highest BCUT2D eigenvalue weighted by atomic mass is 16.1. The van der Waals surface area contributed by atoms with E-state index in [9.17, 15) is 4.79 Å². The molecule has 0 amide bonds. The van der Waals surface area contributed by atoms with Crippen LogP contribution in [0.5, 0.6) is 0 Å². The van der Waals surface area contributed by atoms with Gasteiger partial charge >= 0.3 is 0 Å². The summed E-state index contributed by atoms with van der Waals surface area (Å²) in [4.78, 5) is 16.8. The molecule has 1 heterocycles. The van der Waals surface area contributed by atoms with Crippen molar-refractivity contribution in [3.05, 3.63) is 70.3 Å². The second kappa shape index (κ2) is 4.35. The highest BCUT2D eigenvalue weighted by Gasteiger charge is 2.05. The summed E-state index contributed by atoms with van der Waals surface area (Å²) in [5.74, 6) is 0. The van der Waals surface area contributed by atoms with Crippen LogP contribution in [0.2, 0.25) is 0 Å². The van der Waals surface area contributed by atoms with Gasteiger partial charge in [-0.2, -0.15) is 0 Å². The van der Waals surface area contributed by atoms with Gasteiger partial charge in [-0.05, 0) is 49.2 Å². The van der Waals surface area contributed by atoms with Gasteiger partial charge in [-0.1, -0.05) is 18.2 Å². The molecule has 0 saturated heterocycles. The standard InChI is InChI=1S/C16H14N2O/c1-11-7-8-13(9-12(11)2)18-10-17-15-6-4-3-5-14(15)16(18)19/h3-10H,1-2H3. The number of aryl methyl sites for hydroxylation is 2. The summed E-state index contributed by atoms with van der Waals surface area (Å²) in [6, 6.07) is 13.4. The van der Waals surface area contributed by atoms with Crippen molar-refractivity contribution in [1.82, 2.24) is 9.55 Å². The predicted octanol–water partition coefficient (Wildman–Crippen LogP) is 3.00. The van der Waals surface area contributed by atoms with Gasteiger partial charge in [0.2, 0.25) is 0 Å². The minimum Gasteiger partial charge on any atom is -0.268 e. The minimum absolute atomic E-state index is 0.0335. The number of aromatic nitrogens is 2. The van der Waals surface area contributed by atoms with Gasteiger partial charge in [-0.25, -0.2) is 4.98 Å². The van der Waals surface area contributed by atoms with Gasteiger partial charge in [0.25, 0.3) is 5.56 Å². The second-order valence-electron chi connectivity index (χ2n) is 4.71. The zero-order valence-electron chi connectivity index (χ0n) is 10.9. The van der Waals surface area contributed by atoms with E-state index in [2.05, 4.69) is 11.9 Å². The Balaban J connectivity index is 2.28. The van der Waals surface area contributed by atoms with Crippen LogP contribution in [0, 0.1) is 13.8 Å². The van der Waals surface area contributed by atoms with Crippen LogP contribution in [0.4, 0.5) is 0 Å². The van der Waals surface area contributed by atoms with Crippen molar-refractivity contribution in [2.45, 2.75) is 13.8 Å². The average Bonchev–Trinajstić information content (AvgIpc) is 2.43. The summed E-state index contributed by atoms with van der Waals surface area (Å²) in [6.45, 7) is 4.10. The lowest BCUT2D eigenvalue weighted by atomic mass is 10.1. The monoisotopic (exact) mass is 250 g/mol. The fourth-order valence-electron chi connectivity index (χ4n) is 2.13. The van der Waals surface area contributed by atoms with Crippen molar-refractivity contribution in [3.8, 4) is 5.69 Å². The quantitative estimate of drug-likeness (QED) is 0.665. The maximum atomic E-state index is 12.4. The Kier molecular flexibility index (Phi) is 2.67. The van der Waals surface area contributed by atoms with E-state index in [0.29, 0.717) is 5.39 Å². The predicted molar refractivity (Wildman–Crippen MR) is 76.8 cm³/mol. The topological polar surface area (TPSA) is 34.9 Å². The summed E-state index contributed by atoms with van der Waals surface area (Å²) in [5, 5.41) is 0.642. The van der Waals surface area contributed by atoms with Crippen molar-refractivity contribution >= 4 is 10.9 Å². The molecule has 1 aromatic heterocycles. The van der Waals surface area contributed by atoms with E-state index in [1.165, 1.54) is 5.56 Å². The van der Waals surface area contributed by atoms with Crippen LogP contribution in [0.15, 0.2) is 53.6 Å². The molecule has 3 heteroatoms.